The lowest BCUT2D eigenvalue weighted by molar-refractivity contribution is 0.504. The van der Waals surface area contributed by atoms with Gasteiger partial charge in [0.25, 0.3) is 0 Å². The van der Waals surface area contributed by atoms with Crippen molar-refractivity contribution in [2.24, 2.45) is 5.41 Å². The number of hydrogen-bond acceptors (Lipinski definition) is 3. The van der Waals surface area contributed by atoms with E-state index in [1.54, 1.807) is 0 Å². The molecule has 0 N–H and O–H groups in total. The van der Waals surface area contributed by atoms with Gasteiger partial charge in [-0.05, 0) is 53.3 Å². The highest BCUT2D eigenvalue weighted by Crippen LogP contribution is 2.66. The maximum atomic E-state index is 2.46. The molecule has 0 saturated heterocycles. The first-order valence-corrected chi connectivity index (χ1v) is 12.4. The molecule has 0 saturated carbocycles. The van der Waals surface area contributed by atoms with Crippen molar-refractivity contribution in [3.63, 3.8) is 0 Å². The summed E-state index contributed by atoms with van der Waals surface area (Å²) in [7, 11) is 0. The molecule has 1 aliphatic carbocycles. The lowest BCUT2D eigenvalue weighted by Crippen LogP contribution is -2.48. The van der Waals surface area contributed by atoms with Crippen LogP contribution in [0.5, 0.6) is 0 Å². The Labute approximate surface area is 183 Å². The van der Waals surface area contributed by atoms with E-state index >= 15 is 0 Å². The van der Waals surface area contributed by atoms with Crippen LogP contribution in [0.1, 0.15) is 19.4 Å². The second-order valence-electron chi connectivity index (χ2n) is 8.10. The Morgan fingerprint density at radius 3 is 2.24 bits per heavy atom. The zero-order valence-electron chi connectivity index (χ0n) is 16.3. The maximum absolute atomic E-state index is 2.46. The summed E-state index contributed by atoms with van der Waals surface area (Å²) in [5.74, 6) is 0. The van der Waals surface area contributed by atoms with E-state index in [1.165, 1.54) is 41.1 Å². The predicted octanol–water partition coefficient (Wildman–Crippen LogP) is 6.50. The van der Waals surface area contributed by atoms with Gasteiger partial charge in [-0.25, -0.2) is 0 Å². The normalized spacial score (nSPS) is 26.9. The van der Waals surface area contributed by atoms with Crippen LogP contribution < -0.4 is 9.75 Å². The van der Waals surface area contributed by atoms with Crippen molar-refractivity contribution in [3.05, 3.63) is 99.6 Å². The molecule has 0 radical (unpaired) electrons. The molecular formula is C26H20S3. The molecule has 142 valence electrons. The minimum Gasteiger partial charge on any atom is -0.134 e. The summed E-state index contributed by atoms with van der Waals surface area (Å²) < 4.78 is 1.47. The Morgan fingerprint density at radius 1 is 0.828 bits per heavy atom. The molecule has 0 spiro atoms. The number of thiophene rings is 1. The zero-order chi connectivity index (χ0) is 19.6. The third kappa shape index (κ3) is 2.41. The van der Waals surface area contributed by atoms with Gasteiger partial charge in [-0.1, -0.05) is 66.7 Å². The van der Waals surface area contributed by atoms with Crippen LogP contribution >= 0.6 is 34.9 Å². The van der Waals surface area contributed by atoms with Crippen LogP contribution in [0.25, 0.3) is 25.8 Å². The predicted molar refractivity (Wildman–Crippen MR) is 131 cm³/mol. The molecule has 1 aromatic heterocycles. The summed E-state index contributed by atoms with van der Waals surface area (Å²) in [5, 5.41) is 3.73. The molecule has 2 atom stereocenters. The molecule has 3 heteroatoms. The van der Waals surface area contributed by atoms with Gasteiger partial charge < -0.3 is 0 Å². The maximum Gasteiger partial charge on any atom is 0.0568 e. The van der Waals surface area contributed by atoms with Crippen molar-refractivity contribution >= 4 is 50.2 Å². The number of hydrogen-bond donors (Lipinski definition) is 0. The Bertz CT molecular complexity index is 1310. The molecule has 0 fully saturated rings. The molecule has 0 nitrogen and oxygen atoms in total. The molecule has 2 aliphatic heterocycles. The summed E-state index contributed by atoms with van der Waals surface area (Å²) in [6.07, 6.45) is 4.89. The fourth-order valence-corrected chi connectivity index (χ4v) is 8.95. The van der Waals surface area contributed by atoms with Gasteiger partial charge >= 0.3 is 0 Å². The van der Waals surface area contributed by atoms with Crippen LogP contribution in [0.2, 0.25) is 0 Å². The molecule has 29 heavy (non-hydrogen) atoms. The Kier molecular flexibility index (Phi) is 3.87. The van der Waals surface area contributed by atoms with Gasteiger partial charge in [0, 0.05) is 24.6 Å². The zero-order valence-corrected chi connectivity index (χ0v) is 18.8. The Hall–Kier alpha value is -1.94. The molecule has 2 unspecified atom stereocenters. The Balaban J connectivity index is 1.67. The highest BCUT2D eigenvalue weighted by Gasteiger charge is 2.55. The van der Waals surface area contributed by atoms with Gasteiger partial charge in [0.1, 0.15) is 0 Å². The summed E-state index contributed by atoms with van der Waals surface area (Å²) >= 11 is 5.91. The lowest BCUT2D eigenvalue weighted by Gasteiger charge is -2.43. The average molecular weight is 429 g/mol. The topological polar surface area (TPSA) is 0 Å². The third-order valence-corrected chi connectivity index (χ3v) is 10.6. The van der Waals surface area contributed by atoms with Crippen molar-refractivity contribution in [2.45, 2.75) is 18.6 Å². The number of thioether (sulfide) groups is 2. The van der Waals surface area contributed by atoms with Crippen molar-refractivity contribution in [1.29, 1.82) is 0 Å². The van der Waals surface area contributed by atoms with Gasteiger partial charge in [0.05, 0.1) is 4.75 Å². The van der Waals surface area contributed by atoms with E-state index < -0.39 is 0 Å². The van der Waals surface area contributed by atoms with Gasteiger partial charge in [-0.15, -0.1) is 34.9 Å². The molecule has 0 bridgehead atoms. The Morgan fingerprint density at radius 2 is 1.52 bits per heavy atom. The number of benzene rings is 2. The van der Waals surface area contributed by atoms with Crippen molar-refractivity contribution < 1.29 is 0 Å². The van der Waals surface area contributed by atoms with E-state index in [1.807, 2.05) is 34.9 Å². The first-order valence-electron chi connectivity index (χ1n) is 9.85. The van der Waals surface area contributed by atoms with Crippen LogP contribution in [0.15, 0.2) is 84.3 Å². The van der Waals surface area contributed by atoms with Crippen LogP contribution in [0.3, 0.4) is 0 Å². The molecule has 3 heterocycles. The quantitative estimate of drug-likeness (QED) is 0.457. The van der Waals surface area contributed by atoms with Crippen molar-refractivity contribution in [2.75, 3.05) is 0 Å². The molecule has 2 aromatic carbocycles. The third-order valence-electron chi connectivity index (χ3n) is 6.50. The van der Waals surface area contributed by atoms with Crippen molar-refractivity contribution in [3.8, 4) is 10.4 Å². The van der Waals surface area contributed by atoms with E-state index in [-0.39, 0.29) is 10.2 Å². The highest BCUT2D eigenvalue weighted by atomic mass is 32.2. The minimum absolute atomic E-state index is 0.00946. The molecule has 3 aromatic rings. The van der Waals surface area contributed by atoms with E-state index in [0.29, 0.717) is 0 Å². The van der Waals surface area contributed by atoms with Gasteiger partial charge in [0.15, 0.2) is 0 Å². The summed E-state index contributed by atoms with van der Waals surface area (Å²) in [6.45, 7) is 4.87. The van der Waals surface area contributed by atoms with E-state index in [2.05, 4.69) is 98.1 Å². The van der Waals surface area contributed by atoms with Crippen LogP contribution in [0.4, 0.5) is 0 Å². The molecule has 6 rings (SSSR count). The second kappa shape index (κ2) is 6.28. The second-order valence-corrected chi connectivity index (χ2v) is 11.5. The van der Waals surface area contributed by atoms with Crippen LogP contribution in [-0.4, -0.2) is 4.75 Å². The first kappa shape index (κ1) is 17.9. The fourth-order valence-electron chi connectivity index (χ4n) is 4.64. The summed E-state index contributed by atoms with van der Waals surface area (Å²) in [5.41, 5.74) is 4.13. The molecular weight excluding hydrogens is 408 g/mol. The fraction of sp³-hybridized carbons (Fsp3) is 0.154. The SMILES string of the molecule is CC12C=CSC1=c1sc(-c3ccccc3)cc1=C1C=C(c3ccccc3)SC12C. The number of rotatable bonds is 2. The number of fused-ring (bicyclic) bond motifs is 4. The monoisotopic (exact) mass is 428 g/mol. The number of allylic oxidation sites excluding steroid dienone is 2. The standard InChI is InChI=1S/C26H20S3/c1-25-13-14-27-24(25)23-19(15-21(28-23)17-9-5-3-6-10-17)20-16-22(29-26(20,25)2)18-11-7-4-8-12-18/h3-16H,1-2H3. The minimum atomic E-state index is 0.00946. The highest BCUT2D eigenvalue weighted by molar-refractivity contribution is 8.12. The van der Waals surface area contributed by atoms with Gasteiger partial charge in [-0.2, -0.15) is 0 Å². The molecule has 0 amide bonds. The first-order chi connectivity index (χ1) is 14.1. The summed E-state index contributed by atoms with van der Waals surface area (Å²) in [6, 6.07) is 24.1. The van der Waals surface area contributed by atoms with E-state index in [4.69, 9.17) is 0 Å². The lowest BCUT2D eigenvalue weighted by atomic mass is 9.70. The molecule has 3 aliphatic rings. The van der Waals surface area contributed by atoms with Gasteiger partial charge in [-0.3, -0.25) is 0 Å². The van der Waals surface area contributed by atoms with E-state index in [0.717, 1.165) is 0 Å². The largest absolute Gasteiger partial charge is 0.134 e. The average Bonchev–Trinajstić information content (AvgIpc) is 3.45. The van der Waals surface area contributed by atoms with Crippen LogP contribution in [-0.2, 0) is 0 Å². The van der Waals surface area contributed by atoms with Crippen molar-refractivity contribution in [1.82, 2.24) is 0 Å². The smallest absolute Gasteiger partial charge is 0.0568 e. The summed E-state index contributed by atoms with van der Waals surface area (Å²) in [4.78, 5) is 4.26. The van der Waals surface area contributed by atoms with Gasteiger partial charge in [0.2, 0.25) is 0 Å². The van der Waals surface area contributed by atoms with E-state index in [9.17, 15) is 0 Å². The van der Waals surface area contributed by atoms with Crippen LogP contribution in [0, 0.1) is 5.41 Å².